The van der Waals surface area contributed by atoms with Gasteiger partial charge in [-0.15, -0.1) is 0 Å². The molecule has 1 fully saturated rings. The van der Waals surface area contributed by atoms with Gasteiger partial charge < -0.3 is 10.2 Å². The lowest BCUT2D eigenvalue weighted by Gasteiger charge is -2.22. The summed E-state index contributed by atoms with van der Waals surface area (Å²) in [4.78, 5) is 28.5. The van der Waals surface area contributed by atoms with Crippen molar-refractivity contribution in [2.75, 3.05) is 18.0 Å². The molecule has 2 aromatic heterocycles. The number of hydrogen-bond donors (Lipinski definition) is 1. The van der Waals surface area contributed by atoms with Crippen LogP contribution < -0.4 is 10.2 Å². The highest BCUT2D eigenvalue weighted by molar-refractivity contribution is 5.95. The van der Waals surface area contributed by atoms with Crippen LogP contribution in [0.25, 0.3) is 0 Å². The second-order valence-corrected chi connectivity index (χ2v) is 7.41. The van der Waals surface area contributed by atoms with Gasteiger partial charge in [0, 0.05) is 31.7 Å². The third-order valence-electron chi connectivity index (χ3n) is 5.41. The minimum Gasteiger partial charge on any atom is -0.341 e. The van der Waals surface area contributed by atoms with Gasteiger partial charge >= 0.3 is 0 Å². The van der Waals surface area contributed by atoms with E-state index < -0.39 is 0 Å². The quantitative estimate of drug-likeness (QED) is 0.724. The van der Waals surface area contributed by atoms with E-state index in [0.29, 0.717) is 17.2 Å². The van der Waals surface area contributed by atoms with Gasteiger partial charge in [0.05, 0.1) is 17.3 Å². The van der Waals surface area contributed by atoms with Gasteiger partial charge in [-0.25, -0.2) is 9.97 Å². The zero-order valence-corrected chi connectivity index (χ0v) is 16.8. The predicted molar refractivity (Wildman–Crippen MR) is 113 cm³/mol. The number of hydrogen-bond acceptors (Lipinski definition) is 5. The van der Waals surface area contributed by atoms with Crippen molar-refractivity contribution < 1.29 is 4.79 Å². The van der Waals surface area contributed by atoms with E-state index in [1.165, 1.54) is 0 Å². The van der Waals surface area contributed by atoms with Crippen molar-refractivity contribution in [3.05, 3.63) is 82.9 Å². The van der Waals surface area contributed by atoms with E-state index in [1.807, 2.05) is 37.3 Å². The average molecular weight is 387 g/mol. The predicted octanol–water partition coefficient (Wildman–Crippen LogP) is 3.61. The Hall–Kier alpha value is -3.28. The molecule has 0 unspecified atom stereocenters. The Morgan fingerprint density at radius 2 is 1.79 bits per heavy atom. The van der Waals surface area contributed by atoms with Crippen LogP contribution in [0.2, 0.25) is 0 Å². The molecule has 0 aliphatic carbocycles. The van der Waals surface area contributed by atoms with E-state index in [9.17, 15) is 4.79 Å². The number of anilines is 1. The molecule has 1 saturated heterocycles. The molecule has 0 bridgehead atoms. The zero-order chi connectivity index (χ0) is 20.2. The fourth-order valence-corrected chi connectivity index (χ4v) is 3.76. The molecule has 1 N–H and O–H groups in total. The van der Waals surface area contributed by atoms with Crippen LogP contribution in [0.3, 0.4) is 0 Å². The van der Waals surface area contributed by atoms with Gasteiger partial charge in [0.15, 0.2) is 0 Å². The Labute approximate surface area is 171 Å². The Kier molecular flexibility index (Phi) is 5.51. The first-order valence-electron chi connectivity index (χ1n) is 9.98. The number of aryl methyl sites for hydroxylation is 2. The van der Waals surface area contributed by atoms with Gasteiger partial charge in [-0.2, -0.15) is 0 Å². The Bertz CT molecular complexity index is 999. The largest absolute Gasteiger partial charge is 0.341 e. The molecule has 1 aliphatic heterocycles. The standard InChI is InChI=1S/C23H25N5O/c1-16-7-3-4-8-19(16)21(18-9-11-24-12-10-18)27-22(29)20-15-25-23(26-17(20)2)28-13-5-6-14-28/h3-4,7-12,15,21H,5-6,13-14H2,1-2H3,(H,27,29)/t21-/m0/s1. The van der Waals surface area contributed by atoms with E-state index in [4.69, 9.17) is 0 Å². The summed E-state index contributed by atoms with van der Waals surface area (Å²) in [5.41, 5.74) is 4.35. The molecule has 3 aromatic rings. The Morgan fingerprint density at radius 3 is 2.48 bits per heavy atom. The van der Waals surface area contributed by atoms with Crippen LogP contribution in [0.15, 0.2) is 55.0 Å². The van der Waals surface area contributed by atoms with Crippen LogP contribution in [0.4, 0.5) is 5.95 Å². The maximum atomic E-state index is 13.1. The van der Waals surface area contributed by atoms with Crippen molar-refractivity contribution in [1.82, 2.24) is 20.3 Å². The van der Waals surface area contributed by atoms with Crippen LogP contribution >= 0.6 is 0 Å². The molecule has 29 heavy (non-hydrogen) atoms. The summed E-state index contributed by atoms with van der Waals surface area (Å²) in [6.45, 7) is 5.87. The summed E-state index contributed by atoms with van der Waals surface area (Å²) in [5.74, 6) is 0.529. The third-order valence-corrected chi connectivity index (χ3v) is 5.41. The van der Waals surface area contributed by atoms with E-state index in [1.54, 1.807) is 18.6 Å². The average Bonchev–Trinajstić information content (AvgIpc) is 3.28. The van der Waals surface area contributed by atoms with Crippen LogP contribution in [0.1, 0.15) is 51.6 Å². The molecule has 1 aromatic carbocycles. The first kappa shape index (κ1) is 19.1. The van der Waals surface area contributed by atoms with E-state index in [-0.39, 0.29) is 11.9 Å². The lowest BCUT2D eigenvalue weighted by Crippen LogP contribution is -2.31. The van der Waals surface area contributed by atoms with Crippen molar-refractivity contribution in [2.24, 2.45) is 0 Å². The highest BCUT2D eigenvalue weighted by atomic mass is 16.1. The molecule has 1 atom stereocenters. The number of amides is 1. The maximum Gasteiger partial charge on any atom is 0.255 e. The minimum atomic E-state index is -0.274. The zero-order valence-electron chi connectivity index (χ0n) is 16.8. The van der Waals surface area contributed by atoms with Gasteiger partial charge in [-0.3, -0.25) is 9.78 Å². The van der Waals surface area contributed by atoms with Crippen LogP contribution in [0.5, 0.6) is 0 Å². The van der Waals surface area contributed by atoms with Gasteiger partial charge in [0.1, 0.15) is 0 Å². The maximum absolute atomic E-state index is 13.1. The molecule has 1 aliphatic rings. The molecule has 6 heteroatoms. The van der Waals surface area contributed by atoms with E-state index in [0.717, 1.165) is 42.6 Å². The van der Waals surface area contributed by atoms with Crippen LogP contribution in [-0.4, -0.2) is 33.9 Å². The number of benzene rings is 1. The number of carbonyl (C=O) groups excluding carboxylic acids is 1. The molecule has 1 amide bonds. The molecule has 148 valence electrons. The van der Waals surface area contributed by atoms with E-state index >= 15 is 0 Å². The summed E-state index contributed by atoms with van der Waals surface area (Å²) in [5, 5.41) is 3.18. The molecule has 4 rings (SSSR count). The molecule has 0 spiro atoms. The number of carbonyl (C=O) groups is 1. The first-order valence-corrected chi connectivity index (χ1v) is 9.98. The minimum absolute atomic E-state index is 0.180. The highest BCUT2D eigenvalue weighted by Gasteiger charge is 2.22. The third kappa shape index (κ3) is 4.11. The normalized spacial score (nSPS) is 14.6. The number of nitrogens with zero attached hydrogens (tertiary/aromatic N) is 4. The topological polar surface area (TPSA) is 71.0 Å². The summed E-state index contributed by atoms with van der Waals surface area (Å²) in [6.07, 6.45) is 7.45. The summed E-state index contributed by atoms with van der Waals surface area (Å²) >= 11 is 0. The number of aromatic nitrogens is 3. The molecular formula is C23H25N5O. The number of rotatable bonds is 5. The van der Waals surface area contributed by atoms with E-state index in [2.05, 4.69) is 38.2 Å². The second kappa shape index (κ2) is 8.39. The van der Waals surface area contributed by atoms with Crippen LogP contribution in [-0.2, 0) is 0 Å². The molecule has 6 nitrogen and oxygen atoms in total. The fraction of sp³-hybridized carbons (Fsp3) is 0.304. The lowest BCUT2D eigenvalue weighted by molar-refractivity contribution is 0.0941. The molecular weight excluding hydrogens is 362 g/mol. The van der Waals surface area contributed by atoms with Crippen molar-refractivity contribution >= 4 is 11.9 Å². The van der Waals surface area contributed by atoms with Gasteiger partial charge in [0.2, 0.25) is 5.95 Å². The van der Waals surface area contributed by atoms with Crippen molar-refractivity contribution in [2.45, 2.75) is 32.7 Å². The van der Waals surface area contributed by atoms with Gasteiger partial charge in [-0.05, 0) is 55.5 Å². The van der Waals surface area contributed by atoms with Crippen molar-refractivity contribution in [1.29, 1.82) is 0 Å². The van der Waals surface area contributed by atoms with Gasteiger partial charge in [0.25, 0.3) is 5.91 Å². The summed E-state index contributed by atoms with van der Waals surface area (Å²) < 4.78 is 0. The first-order chi connectivity index (χ1) is 14.1. The smallest absolute Gasteiger partial charge is 0.255 e. The van der Waals surface area contributed by atoms with Gasteiger partial charge in [-0.1, -0.05) is 24.3 Å². The SMILES string of the molecule is Cc1ccccc1[C@@H](NC(=O)c1cnc(N2CCCC2)nc1C)c1ccncc1. The summed E-state index contributed by atoms with van der Waals surface area (Å²) in [6, 6.07) is 11.7. The highest BCUT2D eigenvalue weighted by Crippen LogP contribution is 2.25. The van der Waals surface area contributed by atoms with Crippen LogP contribution in [0, 0.1) is 13.8 Å². The number of nitrogens with one attached hydrogen (secondary N) is 1. The lowest BCUT2D eigenvalue weighted by atomic mass is 9.95. The Balaban J connectivity index is 1.62. The Morgan fingerprint density at radius 1 is 1.07 bits per heavy atom. The molecule has 0 saturated carbocycles. The van der Waals surface area contributed by atoms with Crippen molar-refractivity contribution in [3.63, 3.8) is 0 Å². The molecule has 3 heterocycles. The monoisotopic (exact) mass is 387 g/mol. The fourth-order valence-electron chi connectivity index (χ4n) is 3.76. The molecule has 0 radical (unpaired) electrons. The van der Waals surface area contributed by atoms with Crippen molar-refractivity contribution in [3.8, 4) is 0 Å². The second-order valence-electron chi connectivity index (χ2n) is 7.41. The summed E-state index contributed by atoms with van der Waals surface area (Å²) in [7, 11) is 0. The number of pyridine rings is 1.